The van der Waals surface area contributed by atoms with Crippen molar-refractivity contribution in [2.75, 3.05) is 20.8 Å². The van der Waals surface area contributed by atoms with Gasteiger partial charge in [-0.25, -0.2) is 9.78 Å². The van der Waals surface area contributed by atoms with E-state index in [4.69, 9.17) is 9.47 Å². The molecular formula is C18H26N4O3. The van der Waals surface area contributed by atoms with Crippen LogP contribution >= 0.6 is 0 Å². The van der Waals surface area contributed by atoms with Gasteiger partial charge in [-0.1, -0.05) is 13.0 Å². The Morgan fingerprint density at radius 2 is 2.00 bits per heavy atom. The number of nitrogens with one attached hydrogen (secondary N) is 2. The summed E-state index contributed by atoms with van der Waals surface area (Å²) in [5.74, 6) is 2.59. The predicted molar refractivity (Wildman–Crippen MR) is 95.9 cm³/mol. The first kappa shape index (κ1) is 18.6. The standard InChI is InChI=1S/C18H26N4O3/c1-13(12-22-8-7-19-14(22)2)10-20-18(23)21-11-15-5-6-16(24-3)17(9-15)25-4/h5-9,13H,10-12H2,1-4H3,(H2,20,21,23). The molecule has 0 radical (unpaired) electrons. The van der Waals surface area contributed by atoms with Crippen LogP contribution in [-0.2, 0) is 13.1 Å². The maximum absolute atomic E-state index is 12.0. The second-order valence-corrected chi connectivity index (χ2v) is 5.98. The Balaban J connectivity index is 1.76. The molecule has 136 valence electrons. The first-order chi connectivity index (χ1) is 12.0. The molecule has 1 heterocycles. The van der Waals surface area contributed by atoms with Gasteiger partial charge < -0.3 is 24.7 Å². The molecule has 0 saturated heterocycles. The molecule has 0 bridgehead atoms. The minimum absolute atomic E-state index is 0.191. The van der Waals surface area contributed by atoms with E-state index < -0.39 is 0 Å². The summed E-state index contributed by atoms with van der Waals surface area (Å²) in [5, 5.41) is 5.74. The molecule has 2 amide bonds. The van der Waals surface area contributed by atoms with Crippen molar-refractivity contribution in [3.63, 3.8) is 0 Å². The molecule has 7 nitrogen and oxygen atoms in total. The monoisotopic (exact) mass is 346 g/mol. The van der Waals surface area contributed by atoms with E-state index in [1.165, 1.54) is 0 Å². The van der Waals surface area contributed by atoms with Crippen molar-refractivity contribution >= 4 is 6.03 Å². The van der Waals surface area contributed by atoms with Gasteiger partial charge in [0.25, 0.3) is 0 Å². The quantitative estimate of drug-likeness (QED) is 0.769. The van der Waals surface area contributed by atoms with E-state index in [2.05, 4.69) is 27.1 Å². The summed E-state index contributed by atoms with van der Waals surface area (Å²) in [6.45, 7) is 5.89. The number of hydrogen-bond donors (Lipinski definition) is 2. The zero-order chi connectivity index (χ0) is 18.2. The number of amides is 2. The highest BCUT2D eigenvalue weighted by atomic mass is 16.5. The molecule has 1 atom stereocenters. The number of hydrogen-bond acceptors (Lipinski definition) is 4. The van der Waals surface area contributed by atoms with Gasteiger partial charge in [-0.05, 0) is 30.5 Å². The average molecular weight is 346 g/mol. The Bertz CT molecular complexity index is 699. The molecule has 2 rings (SSSR count). The van der Waals surface area contributed by atoms with E-state index in [1.54, 1.807) is 20.4 Å². The third-order valence-electron chi connectivity index (χ3n) is 3.94. The lowest BCUT2D eigenvalue weighted by Crippen LogP contribution is -2.38. The van der Waals surface area contributed by atoms with E-state index in [0.717, 1.165) is 17.9 Å². The molecule has 0 aliphatic rings. The second kappa shape index (κ2) is 8.96. The van der Waals surface area contributed by atoms with E-state index in [9.17, 15) is 4.79 Å². The lowest BCUT2D eigenvalue weighted by molar-refractivity contribution is 0.238. The first-order valence-corrected chi connectivity index (χ1v) is 8.23. The molecule has 2 aromatic rings. The van der Waals surface area contributed by atoms with Gasteiger partial charge in [0.1, 0.15) is 5.82 Å². The number of ether oxygens (including phenoxy) is 2. The minimum atomic E-state index is -0.191. The molecule has 0 spiro atoms. The molecule has 0 aliphatic heterocycles. The Morgan fingerprint density at radius 1 is 1.24 bits per heavy atom. The fourth-order valence-corrected chi connectivity index (χ4v) is 2.50. The Morgan fingerprint density at radius 3 is 2.64 bits per heavy atom. The van der Waals surface area contributed by atoms with Crippen LogP contribution in [0.15, 0.2) is 30.6 Å². The molecule has 0 fully saturated rings. The van der Waals surface area contributed by atoms with E-state index in [1.807, 2.05) is 31.3 Å². The number of imidazole rings is 1. The van der Waals surface area contributed by atoms with Crippen LogP contribution in [-0.4, -0.2) is 36.3 Å². The largest absolute Gasteiger partial charge is 0.493 e. The van der Waals surface area contributed by atoms with Gasteiger partial charge >= 0.3 is 6.03 Å². The first-order valence-electron chi connectivity index (χ1n) is 8.23. The van der Waals surface area contributed by atoms with Crippen molar-refractivity contribution in [2.45, 2.75) is 26.9 Å². The van der Waals surface area contributed by atoms with Gasteiger partial charge in [0.15, 0.2) is 11.5 Å². The van der Waals surface area contributed by atoms with Crippen molar-refractivity contribution in [3.8, 4) is 11.5 Å². The Kier molecular flexibility index (Phi) is 6.68. The van der Waals surface area contributed by atoms with Crippen LogP contribution in [0.1, 0.15) is 18.3 Å². The molecule has 7 heteroatoms. The number of benzene rings is 1. The second-order valence-electron chi connectivity index (χ2n) is 5.98. The lowest BCUT2D eigenvalue weighted by atomic mass is 10.2. The Hall–Kier alpha value is -2.70. The van der Waals surface area contributed by atoms with Crippen molar-refractivity contribution < 1.29 is 14.3 Å². The number of rotatable bonds is 8. The Labute approximate surface area is 148 Å². The molecule has 1 aromatic carbocycles. The summed E-state index contributed by atoms with van der Waals surface area (Å²) in [6.07, 6.45) is 3.73. The zero-order valence-electron chi connectivity index (χ0n) is 15.2. The summed E-state index contributed by atoms with van der Waals surface area (Å²) in [7, 11) is 3.18. The number of carbonyl (C=O) groups is 1. The lowest BCUT2D eigenvalue weighted by Gasteiger charge is -2.15. The SMILES string of the molecule is COc1ccc(CNC(=O)NCC(C)Cn2ccnc2C)cc1OC. The fraction of sp³-hybridized carbons (Fsp3) is 0.444. The molecule has 2 N–H and O–H groups in total. The highest BCUT2D eigenvalue weighted by molar-refractivity contribution is 5.73. The van der Waals surface area contributed by atoms with Crippen molar-refractivity contribution in [2.24, 2.45) is 5.92 Å². The zero-order valence-corrected chi connectivity index (χ0v) is 15.2. The number of carbonyl (C=O) groups excluding carboxylic acids is 1. The summed E-state index contributed by atoms with van der Waals surface area (Å²) in [5.41, 5.74) is 0.940. The summed E-state index contributed by atoms with van der Waals surface area (Å²) >= 11 is 0. The molecule has 0 aliphatic carbocycles. The van der Waals surface area contributed by atoms with Crippen LogP contribution in [0.3, 0.4) is 0 Å². The normalized spacial score (nSPS) is 11.7. The van der Waals surface area contributed by atoms with Gasteiger partial charge in [0.05, 0.1) is 14.2 Å². The maximum Gasteiger partial charge on any atom is 0.315 e. The third-order valence-corrected chi connectivity index (χ3v) is 3.94. The van der Waals surface area contributed by atoms with Crippen LogP contribution in [0, 0.1) is 12.8 Å². The smallest absolute Gasteiger partial charge is 0.315 e. The van der Waals surface area contributed by atoms with Crippen LogP contribution in [0.4, 0.5) is 4.79 Å². The number of methoxy groups -OCH3 is 2. The topological polar surface area (TPSA) is 77.4 Å². The number of aryl methyl sites for hydroxylation is 1. The summed E-state index contributed by atoms with van der Waals surface area (Å²) in [4.78, 5) is 16.2. The summed E-state index contributed by atoms with van der Waals surface area (Å²) in [6, 6.07) is 5.38. The third kappa shape index (κ3) is 5.41. The molecular weight excluding hydrogens is 320 g/mol. The van der Waals surface area contributed by atoms with Crippen molar-refractivity contribution in [1.82, 2.24) is 20.2 Å². The minimum Gasteiger partial charge on any atom is -0.493 e. The van der Waals surface area contributed by atoms with E-state index in [0.29, 0.717) is 30.5 Å². The van der Waals surface area contributed by atoms with Crippen LogP contribution in [0.5, 0.6) is 11.5 Å². The molecule has 1 aromatic heterocycles. The fourth-order valence-electron chi connectivity index (χ4n) is 2.50. The average Bonchev–Trinajstić information content (AvgIpc) is 3.02. The van der Waals surface area contributed by atoms with Gasteiger partial charge in [-0.15, -0.1) is 0 Å². The van der Waals surface area contributed by atoms with Gasteiger partial charge in [-0.2, -0.15) is 0 Å². The van der Waals surface area contributed by atoms with Gasteiger partial charge in [0.2, 0.25) is 0 Å². The molecule has 25 heavy (non-hydrogen) atoms. The van der Waals surface area contributed by atoms with Crippen LogP contribution < -0.4 is 20.1 Å². The summed E-state index contributed by atoms with van der Waals surface area (Å²) < 4.78 is 12.5. The van der Waals surface area contributed by atoms with Crippen molar-refractivity contribution in [1.29, 1.82) is 0 Å². The molecule has 0 saturated carbocycles. The van der Waals surface area contributed by atoms with Crippen LogP contribution in [0.25, 0.3) is 0 Å². The highest BCUT2D eigenvalue weighted by Crippen LogP contribution is 2.27. The van der Waals surface area contributed by atoms with Crippen molar-refractivity contribution in [3.05, 3.63) is 42.0 Å². The van der Waals surface area contributed by atoms with E-state index in [-0.39, 0.29) is 6.03 Å². The number of nitrogens with zero attached hydrogens (tertiary/aromatic N) is 2. The predicted octanol–water partition coefficient (Wildman–Crippen LogP) is 2.34. The maximum atomic E-state index is 12.0. The van der Waals surface area contributed by atoms with E-state index >= 15 is 0 Å². The highest BCUT2D eigenvalue weighted by Gasteiger charge is 2.09. The van der Waals surface area contributed by atoms with Gasteiger partial charge in [0, 0.05) is 32.0 Å². The molecule has 1 unspecified atom stereocenters. The number of aromatic nitrogens is 2. The van der Waals surface area contributed by atoms with Crippen LogP contribution in [0.2, 0.25) is 0 Å². The van der Waals surface area contributed by atoms with Gasteiger partial charge in [-0.3, -0.25) is 0 Å². The number of urea groups is 1.